The predicted molar refractivity (Wildman–Crippen MR) is 85.4 cm³/mol. The average Bonchev–Trinajstić information content (AvgIpc) is 3.18. The van der Waals surface area contributed by atoms with Crippen molar-refractivity contribution in [3.63, 3.8) is 0 Å². The molecule has 0 saturated carbocycles. The summed E-state index contributed by atoms with van der Waals surface area (Å²) in [6.45, 7) is 2.63. The number of ether oxygens (including phenoxy) is 1. The van der Waals surface area contributed by atoms with Crippen LogP contribution in [0.25, 0.3) is 0 Å². The van der Waals surface area contributed by atoms with Gasteiger partial charge in [0.25, 0.3) is 0 Å². The molecule has 1 aromatic carbocycles. The number of hydrogen-bond donors (Lipinski definition) is 1. The minimum absolute atomic E-state index is 0.142. The highest BCUT2D eigenvalue weighted by atomic mass is 79.9. The van der Waals surface area contributed by atoms with Crippen LogP contribution in [0.4, 0.5) is 0 Å². The van der Waals surface area contributed by atoms with Gasteiger partial charge < -0.3 is 15.0 Å². The molecule has 2 heterocycles. The number of carbonyl (C=O) groups is 1. The first-order chi connectivity index (χ1) is 10.2. The largest absolute Gasteiger partial charge is 0.496 e. The number of nitrogens with one attached hydrogen (secondary N) is 1. The molecule has 2 fully saturated rings. The smallest absolute Gasteiger partial charge is 0.227 e. The van der Waals surface area contributed by atoms with Gasteiger partial charge in [0.1, 0.15) is 5.75 Å². The molecule has 21 heavy (non-hydrogen) atoms. The highest BCUT2D eigenvalue weighted by Crippen LogP contribution is 2.39. The molecule has 0 radical (unpaired) electrons. The topological polar surface area (TPSA) is 41.6 Å². The zero-order valence-corrected chi connectivity index (χ0v) is 13.9. The number of benzene rings is 1. The van der Waals surface area contributed by atoms with Crippen molar-refractivity contribution >= 4 is 21.8 Å². The zero-order valence-electron chi connectivity index (χ0n) is 12.3. The second-order valence-electron chi connectivity index (χ2n) is 5.77. The van der Waals surface area contributed by atoms with Crippen LogP contribution in [-0.4, -0.2) is 37.6 Å². The zero-order chi connectivity index (χ0) is 14.8. The van der Waals surface area contributed by atoms with Crippen LogP contribution in [-0.2, 0) is 4.79 Å². The Kier molecular flexibility index (Phi) is 4.50. The molecular weight excluding hydrogens is 332 g/mol. The molecule has 2 aliphatic rings. The Balaban J connectivity index is 1.86. The molecule has 2 aliphatic heterocycles. The van der Waals surface area contributed by atoms with E-state index in [1.807, 2.05) is 12.1 Å². The minimum Gasteiger partial charge on any atom is -0.496 e. The molecule has 4 nitrogen and oxygen atoms in total. The standard InChI is InChI=1S/C16H21BrN2O2/c1-21-15-5-4-12(17)9-13(15)14-3-2-8-19(14)16(20)11-6-7-18-10-11/h4-5,9,11,14,18H,2-3,6-8,10H2,1H3. The van der Waals surface area contributed by atoms with Gasteiger partial charge in [0.15, 0.2) is 0 Å². The fourth-order valence-electron chi connectivity index (χ4n) is 3.42. The number of halogens is 1. The summed E-state index contributed by atoms with van der Waals surface area (Å²) in [5.41, 5.74) is 1.11. The normalized spacial score (nSPS) is 25.3. The van der Waals surface area contributed by atoms with Gasteiger partial charge in [-0.1, -0.05) is 15.9 Å². The summed E-state index contributed by atoms with van der Waals surface area (Å²) in [4.78, 5) is 14.8. The summed E-state index contributed by atoms with van der Waals surface area (Å²) in [6.07, 6.45) is 3.03. The minimum atomic E-state index is 0.142. The Morgan fingerprint density at radius 2 is 2.29 bits per heavy atom. The average molecular weight is 353 g/mol. The number of carbonyl (C=O) groups excluding carboxylic acids is 1. The number of amides is 1. The first-order valence-electron chi connectivity index (χ1n) is 7.55. The van der Waals surface area contributed by atoms with Crippen LogP contribution in [0.1, 0.15) is 30.9 Å². The Morgan fingerprint density at radius 1 is 1.43 bits per heavy atom. The lowest BCUT2D eigenvalue weighted by atomic mass is 10.0. The van der Waals surface area contributed by atoms with Gasteiger partial charge in [0.2, 0.25) is 5.91 Å². The van der Waals surface area contributed by atoms with Crippen LogP contribution >= 0.6 is 15.9 Å². The molecule has 5 heteroatoms. The van der Waals surface area contributed by atoms with Crippen LogP contribution in [0.15, 0.2) is 22.7 Å². The van der Waals surface area contributed by atoms with Gasteiger partial charge in [0.05, 0.1) is 19.1 Å². The van der Waals surface area contributed by atoms with Gasteiger partial charge in [0, 0.05) is 23.1 Å². The lowest BCUT2D eigenvalue weighted by Gasteiger charge is -2.28. The molecule has 1 N–H and O–H groups in total. The van der Waals surface area contributed by atoms with Gasteiger partial charge in [-0.2, -0.15) is 0 Å². The van der Waals surface area contributed by atoms with Gasteiger partial charge in [-0.3, -0.25) is 4.79 Å². The number of hydrogen-bond acceptors (Lipinski definition) is 3. The van der Waals surface area contributed by atoms with E-state index in [4.69, 9.17) is 4.74 Å². The van der Waals surface area contributed by atoms with E-state index in [-0.39, 0.29) is 12.0 Å². The monoisotopic (exact) mass is 352 g/mol. The first kappa shape index (κ1) is 14.9. The lowest BCUT2D eigenvalue weighted by Crippen LogP contribution is -2.36. The molecule has 3 rings (SSSR count). The van der Waals surface area contributed by atoms with Gasteiger partial charge in [-0.15, -0.1) is 0 Å². The summed E-state index contributed by atoms with van der Waals surface area (Å²) < 4.78 is 6.52. The van der Waals surface area contributed by atoms with Crippen LogP contribution < -0.4 is 10.1 Å². The summed E-state index contributed by atoms with van der Waals surface area (Å²) in [5.74, 6) is 1.31. The van der Waals surface area contributed by atoms with E-state index in [1.54, 1.807) is 7.11 Å². The number of likely N-dealkylation sites (tertiary alicyclic amines) is 1. The van der Waals surface area contributed by atoms with Crippen molar-refractivity contribution in [1.29, 1.82) is 0 Å². The number of rotatable bonds is 3. The Hall–Kier alpha value is -1.07. The maximum absolute atomic E-state index is 12.7. The SMILES string of the molecule is COc1ccc(Br)cc1C1CCCN1C(=O)C1CCNC1. The predicted octanol–water partition coefficient (Wildman–Crippen LogP) is 2.73. The molecule has 0 spiro atoms. The van der Waals surface area contributed by atoms with Crippen molar-refractivity contribution in [2.75, 3.05) is 26.7 Å². The van der Waals surface area contributed by atoms with E-state index in [2.05, 4.69) is 32.2 Å². The summed E-state index contributed by atoms with van der Waals surface area (Å²) in [7, 11) is 1.69. The fourth-order valence-corrected chi connectivity index (χ4v) is 3.80. The molecule has 2 saturated heterocycles. The van der Waals surface area contributed by atoms with Crippen molar-refractivity contribution in [1.82, 2.24) is 10.2 Å². The van der Waals surface area contributed by atoms with E-state index in [9.17, 15) is 4.79 Å². The lowest BCUT2D eigenvalue weighted by molar-refractivity contribution is -0.135. The van der Waals surface area contributed by atoms with Gasteiger partial charge in [-0.05, 0) is 44.0 Å². The Labute approximate surface area is 134 Å². The molecule has 2 atom stereocenters. The number of nitrogens with zero attached hydrogens (tertiary/aromatic N) is 1. The quantitative estimate of drug-likeness (QED) is 0.909. The van der Waals surface area contributed by atoms with Crippen molar-refractivity contribution in [3.8, 4) is 5.75 Å². The number of methoxy groups -OCH3 is 1. The molecular formula is C16H21BrN2O2. The maximum Gasteiger partial charge on any atom is 0.227 e. The molecule has 0 aromatic heterocycles. The maximum atomic E-state index is 12.7. The van der Waals surface area contributed by atoms with E-state index in [0.29, 0.717) is 5.91 Å². The van der Waals surface area contributed by atoms with E-state index >= 15 is 0 Å². The third-order valence-electron chi connectivity index (χ3n) is 4.50. The third-order valence-corrected chi connectivity index (χ3v) is 4.99. The van der Waals surface area contributed by atoms with Crippen LogP contribution in [0.5, 0.6) is 5.75 Å². The second-order valence-corrected chi connectivity index (χ2v) is 6.68. The summed E-state index contributed by atoms with van der Waals surface area (Å²) in [6, 6.07) is 6.18. The molecule has 114 valence electrons. The highest BCUT2D eigenvalue weighted by Gasteiger charge is 2.36. The highest BCUT2D eigenvalue weighted by molar-refractivity contribution is 9.10. The fraction of sp³-hybridized carbons (Fsp3) is 0.562. The van der Waals surface area contributed by atoms with E-state index < -0.39 is 0 Å². The van der Waals surface area contributed by atoms with Gasteiger partial charge in [-0.25, -0.2) is 0 Å². The molecule has 2 unspecified atom stereocenters. The van der Waals surface area contributed by atoms with Gasteiger partial charge >= 0.3 is 0 Å². The molecule has 1 aromatic rings. The second kappa shape index (κ2) is 6.36. The van der Waals surface area contributed by atoms with Crippen molar-refractivity contribution in [3.05, 3.63) is 28.2 Å². The summed E-state index contributed by atoms with van der Waals surface area (Å²) >= 11 is 3.53. The Bertz CT molecular complexity index is 529. The van der Waals surface area contributed by atoms with Crippen molar-refractivity contribution in [2.24, 2.45) is 5.92 Å². The van der Waals surface area contributed by atoms with Crippen molar-refractivity contribution in [2.45, 2.75) is 25.3 Å². The molecule has 0 bridgehead atoms. The van der Waals surface area contributed by atoms with Crippen LogP contribution in [0.3, 0.4) is 0 Å². The first-order valence-corrected chi connectivity index (χ1v) is 8.34. The third kappa shape index (κ3) is 2.94. The summed E-state index contributed by atoms with van der Waals surface area (Å²) in [5, 5.41) is 3.28. The Morgan fingerprint density at radius 3 is 3.00 bits per heavy atom. The van der Waals surface area contributed by atoms with Crippen LogP contribution in [0.2, 0.25) is 0 Å². The van der Waals surface area contributed by atoms with E-state index in [0.717, 1.165) is 54.7 Å². The molecule has 1 amide bonds. The van der Waals surface area contributed by atoms with Crippen molar-refractivity contribution < 1.29 is 9.53 Å². The van der Waals surface area contributed by atoms with E-state index in [1.165, 1.54) is 0 Å². The van der Waals surface area contributed by atoms with Crippen LogP contribution in [0, 0.1) is 5.92 Å². The molecule has 0 aliphatic carbocycles.